The molecule has 0 aliphatic rings. The van der Waals surface area contributed by atoms with Crippen molar-refractivity contribution in [3.63, 3.8) is 0 Å². The summed E-state index contributed by atoms with van der Waals surface area (Å²) in [6.45, 7) is 2.43. The third kappa shape index (κ3) is 2.52. The molecule has 5 heteroatoms. The van der Waals surface area contributed by atoms with Gasteiger partial charge in [-0.2, -0.15) is 13.2 Å². The maximum Gasteiger partial charge on any atom is 0.416 e. The minimum atomic E-state index is -4.40. The second-order valence-electron chi connectivity index (χ2n) is 3.93. The SMILES string of the molecule is Cc1cc(C(F)(F)F)ccc1C(C)(F)CN. The summed E-state index contributed by atoms with van der Waals surface area (Å²) in [5.74, 6) is 0. The minimum absolute atomic E-state index is 0.197. The molecule has 1 atom stereocenters. The van der Waals surface area contributed by atoms with Crippen molar-refractivity contribution in [1.82, 2.24) is 0 Å². The molecule has 1 aromatic carbocycles. The van der Waals surface area contributed by atoms with Crippen LogP contribution in [0.3, 0.4) is 0 Å². The van der Waals surface area contributed by atoms with Gasteiger partial charge in [0, 0.05) is 6.54 Å². The zero-order valence-electron chi connectivity index (χ0n) is 9.03. The molecular formula is C11H13F4N. The third-order valence-corrected chi connectivity index (χ3v) is 2.50. The Kier molecular flexibility index (Phi) is 3.28. The first-order valence-electron chi connectivity index (χ1n) is 4.76. The Bertz CT molecular complexity index is 382. The maximum atomic E-state index is 13.8. The first kappa shape index (κ1) is 13.0. The molecule has 0 saturated carbocycles. The Morgan fingerprint density at radius 1 is 1.19 bits per heavy atom. The lowest BCUT2D eigenvalue weighted by Crippen LogP contribution is -2.27. The quantitative estimate of drug-likeness (QED) is 0.783. The Hall–Kier alpha value is -1.10. The predicted octanol–water partition coefficient (Wildman–Crippen LogP) is 3.16. The Morgan fingerprint density at radius 3 is 2.12 bits per heavy atom. The summed E-state index contributed by atoms with van der Waals surface area (Å²) in [6.07, 6.45) is -4.40. The number of aryl methyl sites for hydroxylation is 1. The largest absolute Gasteiger partial charge is 0.416 e. The lowest BCUT2D eigenvalue weighted by Gasteiger charge is -2.21. The fraction of sp³-hybridized carbons (Fsp3) is 0.455. The van der Waals surface area contributed by atoms with E-state index in [9.17, 15) is 17.6 Å². The van der Waals surface area contributed by atoms with Crippen LogP contribution >= 0.6 is 0 Å². The van der Waals surface area contributed by atoms with Crippen molar-refractivity contribution < 1.29 is 17.6 Å². The number of alkyl halides is 4. The first-order chi connectivity index (χ1) is 7.18. The van der Waals surface area contributed by atoms with Crippen LogP contribution < -0.4 is 5.73 Å². The van der Waals surface area contributed by atoms with E-state index < -0.39 is 17.4 Å². The number of benzene rings is 1. The molecular weight excluding hydrogens is 222 g/mol. The Balaban J connectivity index is 3.20. The molecule has 90 valence electrons. The van der Waals surface area contributed by atoms with Crippen LogP contribution in [-0.4, -0.2) is 6.54 Å². The highest BCUT2D eigenvalue weighted by Gasteiger charge is 2.32. The van der Waals surface area contributed by atoms with Crippen LogP contribution in [0.2, 0.25) is 0 Å². The van der Waals surface area contributed by atoms with Gasteiger partial charge in [-0.3, -0.25) is 0 Å². The van der Waals surface area contributed by atoms with Crippen molar-refractivity contribution in [3.8, 4) is 0 Å². The van der Waals surface area contributed by atoms with E-state index in [0.717, 1.165) is 18.2 Å². The molecule has 0 spiro atoms. The lowest BCUT2D eigenvalue weighted by molar-refractivity contribution is -0.137. The van der Waals surface area contributed by atoms with Gasteiger partial charge in [-0.15, -0.1) is 0 Å². The Labute approximate surface area is 91.3 Å². The van der Waals surface area contributed by atoms with Gasteiger partial charge in [-0.05, 0) is 37.1 Å². The van der Waals surface area contributed by atoms with Crippen molar-refractivity contribution in [1.29, 1.82) is 0 Å². The van der Waals surface area contributed by atoms with Gasteiger partial charge in [0.25, 0.3) is 0 Å². The van der Waals surface area contributed by atoms with Crippen LogP contribution in [0.5, 0.6) is 0 Å². The van der Waals surface area contributed by atoms with E-state index in [4.69, 9.17) is 5.73 Å². The van der Waals surface area contributed by atoms with Crippen molar-refractivity contribution in [2.75, 3.05) is 6.54 Å². The zero-order valence-corrected chi connectivity index (χ0v) is 9.03. The van der Waals surface area contributed by atoms with Crippen LogP contribution in [0.15, 0.2) is 18.2 Å². The summed E-state index contributed by atoms with van der Waals surface area (Å²) in [4.78, 5) is 0. The number of nitrogens with two attached hydrogens (primary N) is 1. The molecule has 0 aromatic heterocycles. The van der Waals surface area contributed by atoms with Crippen LogP contribution in [-0.2, 0) is 11.8 Å². The highest BCUT2D eigenvalue weighted by molar-refractivity contribution is 5.36. The van der Waals surface area contributed by atoms with E-state index in [2.05, 4.69) is 0 Å². The maximum absolute atomic E-state index is 13.8. The average molecular weight is 235 g/mol. The normalized spacial score (nSPS) is 15.9. The molecule has 0 saturated heterocycles. The van der Waals surface area contributed by atoms with Crippen LogP contribution in [0, 0.1) is 6.92 Å². The van der Waals surface area contributed by atoms with Gasteiger partial charge < -0.3 is 5.73 Å². The van der Waals surface area contributed by atoms with Gasteiger partial charge in [-0.25, -0.2) is 4.39 Å². The number of halogens is 4. The van der Waals surface area contributed by atoms with Crippen molar-refractivity contribution in [3.05, 3.63) is 34.9 Å². The molecule has 1 unspecified atom stereocenters. The number of rotatable bonds is 2. The second kappa shape index (κ2) is 4.05. The minimum Gasteiger partial charge on any atom is -0.327 e. The fourth-order valence-corrected chi connectivity index (χ4v) is 1.53. The van der Waals surface area contributed by atoms with E-state index in [1.807, 2.05) is 0 Å². The molecule has 2 N–H and O–H groups in total. The summed E-state index contributed by atoms with van der Waals surface area (Å²) in [7, 11) is 0. The molecule has 0 fully saturated rings. The smallest absolute Gasteiger partial charge is 0.327 e. The van der Waals surface area contributed by atoms with E-state index in [1.165, 1.54) is 13.8 Å². The predicted molar refractivity (Wildman–Crippen MR) is 53.7 cm³/mol. The van der Waals surface area contributed by atoms with Gasteiger partial charge >= 0.3 is 6.18 Å². The van der Waals surface area contributed by atoms with Crippen LogP contribution in [0.4, 0.5) is 17.6 Å². The molecule has 0 radical (unpaired) electrons. The van der Waals surface area contributed by atoms with Gasteiger partial charge in [-0.1, -0.05) is 6.07 Å². The van der Waals surface area contributed by atoms with Crippen molar-refractivity contribution in [2.24, 2.45) is 5.73 Å². The molecule has 0 amide bonds. The van der Waals surface area contributed by atoms with Crippen molar-refractivity contribution >= 4 is 0 Å². The van der Waals surface area contributed by atoms with E-state index in [-0.39, 0.29) is 17.7 Å². The summed E-state index contributed by atoms with van der Waals surface area (Å²) < 4.78 is 50.9. The fourth-order valence-electron chi connectivity index (χ4n) is 1.53. The highest BCUT2D eigenvalue weighted by Crippen LogP contribution is 2.33. The molecule has 1 rings (SSSR count). The van der Waals surface area contributed by atoms with E-state index in [0.29, 0.717) is 0 Å². The zero-order chi connectivity index (χ0) is 12.6. The van der Waals surface area contributed by atoms with Crippen LogP contribution in [0.1, 0.15) is 23.6 Å². The van der Waals surface area contributed by atoms with Gasteiger partial charge in [0.1, 0.15) is 5.67 Å². The number of hydrogen-bond acceptors (Lipinski definition) is 1. The van der Waals surface area contributed by atoms with Crippen LogP contribution in [0.25, 0.3) is 0 Å². The molecule has 0 aliphatic heterocycles. The summed E-state index contributed by atoms with van der Waals surface area (Å²) in [5, 5.41) is 0. The summed E-state index contributed by atoms with van der Waals surface area (Å²) >= 11 is 0. The van der Waals surface area contributed by atoms with Crippen molar-refractivity contribution in [2.45, 2.75) is 25.7 Å². The third-order valence-electron chi connectivity index (χ3n) is 2.50. The number of hydrogen-bond donors (Lipinski definition) is 1. The molecule has 1 aromatic rings. The first-order valence-corrected chi connectivity index (χ1v) is 4.76. The summed E-state index contributed by atoms with van der Waals surface area (Å²) in [5.41, 5.74) is 3.11. The lowest BCUT2D eigenvalue weighted by atomic mass is 9.92. The summed E-state index contributed by atoms with van der Waals surface area (Å²) in [6, 6.07) is 2.95. The molecule has 16 heavy (non-hydrogen) atoms. The molecule has 0 bridgehead atoms. The second-order valence-corrected chi connectivity index (χ2v) is 3.93. The van der Waals surface area contributed by atoms with E-state index in [1.54, 1.807) is 0 Å². The van der Waals surface area contributed by atoms with Gasteiger partial charge in [0.15, 0.2) is 0 Å². The molecule has 1 nitrogen and oxygen atoms in total. The van der Waals surface area contributed by atoms with E-state index >= 15 is 0 Å². The van der Waals surface area contributed by atoms with Gasteiger partial charge in [0.05, 0.1) is 5.56 Å². The topological polar surface area (TPSA) is 26.0 Å². The molecule has 0 aliphatic carbocycles. The molecule has 0 heterocycles. The van der Waals surface area contributed by atoms with Gasteiger partial charge in [0.2, 0.25) is 0 Å². The standard InChI is InChI=1S/C11H13F4N/c1-7-5-8(11(13,14)15)3-4-9(7)10(2,12)6-16/h3-5H,6,16H2,1-2H3. The monoisotopic (exact) mass is 235 g/mol. The highest BCUT2D eigenvalue weighted by atomic mass is 19.4. The Morgan fingerprint density at radius 2 is 1.75 bits per heavy atom. The average Bonchev–Trinajstić information content (AvgIpc) is 2.16.